The van der Waals surface area contributed by atoms with Crippen LogP contribution in [0.2, 0.25) is 0 Å². The molecule has 0 spiro atoms. The Hall–Kier alpha value is -8.09. The third kappa shape index (κ3) is 4.48. The zero-order valence-electron chi connectivity index (χ0n) is 36.9. The van der Waals surface area contributed by atoms with E-state index >= 15 is 0 Å². The fourth-order valence-corrected chi connectivity index (χ4v) is 12.5. The van der Waals surface area contributed by atoms with Gasteiger partial charge in [0, 0.05) is 43.5 Å². The summed E-state index contributed by atoms with van der Waals surface area (Å²) in [5, 5.41) is 4.91. The van der Waals surface area contributed by atoms with E-state index in [2.05, 4.69) is 216 Å². The van der Waals surface area contributed by atoms with Gasteiger partial charge in [0.15, 0.2) is 0 Å². The Labute approximate surface area is 382 Å². The summed E-state index contributed by atoms with van der Waals surface area (Å²) >= 11 is 0. The molecule has 66 heavy (non-hydrogen) atoms. The summed E-state index contributed by atoms with van der Waals surface area (Å²) in [6.45, 7) is 8.44. The first kappa shape index (κ1) is 36.3. The van der Waals surface area contributed by atoms with Crippen molar-refractivity contribution in [2.75, 3.05) is 9.62 Å². The van der Waals surface area contributed by atoms with Crippen LogP contribution in [0, 0.1) is 27.7 Å². The molecule has 0 saturated carbocycles. The Kier molecular flexibility index (Phi) is 7.03. The Balaban J connectivity index is 1.18. The summed E-state index contributed by atoms with van der Waals surface area (Å²) in [4.78, 5) is 5.21. The van der Waals surface area contributed by atoms with Gasteiger partial charge in [-0.25, -0.2) is 0 Å². The van der Waals surface area contributed by atoms with Crippen LogP contribution in [-0.2, 0) is 0 Å². The summed E-state index contributed by atoms with van der Waals surface area (Å²) in [5.41, 5.74) is 21.6. The molecule has 0 aliphatic carbocycles. The Morgan fingerprint density at radius 1 is 0.379 bits per heavy atom. The topological polar surface area (TPSA) is 34.8 Å². The fraction of sp³-hybridized carbons (Fsp3) is 0.0690. The first-order valence-electron chi connectivity index (χ1n) is 23.0. The number of benzene rings is 9. The maximum absolute atomic E-state index is 6.98. The van der Waals surface area contributed by atoms with Gasteiger partial charge in [-0.05, 0) is 121 Å². The van der Waals surface area contributed by atoms with Crippen LogP contribution < -0.4 is 30.0 Å². The third-order valence-electron chi connectivity index (χ3n) is 15.0. The van der Waals surface area contributed by atoms with Gasteiger partial charge in [0.25, 0.3) is 0 Å². The van der Waals surface area contributed by atoms with Crippen molar-refractivity contribution < 1.29 is 9.47 Å². The molecule has 8 heteroatoms. The van der Waals surface area contributed by atoms with Crippen LogP contribution in [0.25, 0.3) is 65.9 Å². The van der Waals surface area contributed by atoms with E-state index < -0.39 is 0 Å². The maximum Gasteiger partial charge on any atom is 0.424 e. The highest BCUT2D eigenvalue weighted by molar-refractivity contribution is 6.84. The van der Waals surface area contributed by atoms with E-state index in [4.69, 9.17) is 9.47 Å². The van der Waals surface area contributed by atoms with Crippen molar-refractivity contribution in [1.29, 1.82) is 0 Å². The highest BCUT2D eigenvalue weighted by Crippen LogP contribution is 2.61. The second-order valence-electron chi connectivity index (χ2n) is 18.6. The van der Waals surface area contributed by atoms with Crippen LogP contribution in [0.4, 0.5) is 22.7 Å². The van der Waals surface area contributed by atoms with Crippen LogP contribution in [0.5, 0.6) is 23.0 Å². The molecule has 9 aromatic carbocycles. The summed E-state index contributed by atoms with van der Waals surface area (Å²) in [7, 11) is 0. The Bertz CT molecular complexity index is 3700. The number of aryl methyl sites for hydroxylation is 4. The summed E-state index contributed by atoms with van der Waals surface area (Å²) in [5.74, 6) is 3.42. The third-order valence-corrected chi connectivity index (χ3v) is 15.0. The van der Waals surface area contributed by atoms with Gasteiger partial charge in [0.2, 0.25) is 0 Å². The van der Waals surface area contributed by atoms with Gasteiger partial charge in [-0.15, -0.1) is 0 Å². The first-order chi connectivity index (χ1) is 32.4. The predicted molar refractivity (Wildman–Crippen MR) is 274 cm³/mol. The number of hydrogen-bond acceptors (Lipinski definition) is 4. The van der Waals surface area contributed by atoms with E-state index in [1.165, 1.54) is 99.5 Å². The van der Waals surface area contributed by atoms with Gasteiger partial charge in [-0.3, -0.25) is 0 Å². The van der Waals surface area contributed by atoms with Crippen LogP contribution in [-0.4, -0.2) is 22.9 Å². The van der Waals surface area contributed by atoms with Crippen LogP contribution in [0.15, 0.2) is 170 Å². The molecule has 6 nitrogen and oxygen atoms in total. The number of rotatable bonds is 2. The van der Waals surface area contributed by atoms with E-state index in [-0.39, 0.29) is 14.0 Å². The molecule has 4 aliphatic rings. The second-order valence-corrected chi connectivity index (χ2v) is 18.6. The molecule has 11 aromatic rings. The molecule has 0 fully saturated rings. The molecule has 6 heterocycles. The van der Waals surface area contributed by atoms with Crippen molar-refractivity contribution in [3.8, 4) is 45.3 Å². The lowest BCUT2D eigenvalue weighted by Gasteiger charge is -2.28. The molecule has 0 unspecified atom stereocenters. The number of aromatic nitrogens is 2. The van der Waals surface area contributed by atoms with Gasteiger partial charge in [-0.2, -0.15) is 0 Å². The molecule has 0 N–H and O–H groups in total. The minimum atomic E-state index is -0.241. The number of hydrogen-bond donors (Lipinski definition) is 0. The van der Waals surface area contributed by atoms with Crippen molar-refractivity contribution >= 4 is 91.3 Å². The van der Waals surface area contributed by atoms with E-state index in [0.29, 0.717) is 0 Å². The molecule has 0 radical (unpaired) electrons. The largest absolute Gasteiger partial charge is 0.456 e. The zero-order chi connectivity index (χ0) is 43.7. The number of fused-ring (bicyclic) bond motifs is 22. The lowest BCUT2D eigenvalue weighted by molar-refractivity contribution is 0.489. The molecule has 15 rings (SSSR count). The van der Waals surface area contributed by atoms with Gasteiger partial charge in [-0.1, -0.05) is 121 Å². The standard InChI is InChI=1S/C58H40B2N4O2/c1-33-15-13-16-34(2)51(33)37-27-29-39-45(31-37)63-57-53(39)55-58-54(56(57)61-43-21-7-11-25-49(43)65-47-23-9-5-19-41(47)59(61)63)40-30-28-38(52-35(3)17-14-18-36(52)4)32-46(40)64(58)60-42-20-6-10-24-48(42)66-50-26-12-8-22-44(50)62(55)60/h5-32H,1-4H3. The van der Waals surface area contributed by atoms with E-state index in [1.54, 1.807) is 0 Å². The molecular weight excluding hydrogens is 806 g/mol. The number of ether oxygens (including phenoxy) is 2. The van der Waals surface area contributed by atoms with E-state index in [1.807, 2.05) is 0 Å². The van der Waals surface area contributed by atoms with Crippen molar-refractivity contribution in [2.45, 2.75) is 27.7 Å². The minimum absolute atomic E-state index is 0.241. The fourth-order valence-electron chi connectivity index (χ4n) is 12.5. The molecule has 0 atom stereocenters. The summed E-state index contributed by atoms with van der Waals surface area (Å²) in [6.07, 6.45) is 0. The number of anilines is 4. The minimum Gasteiger partial charge on any atom is -0.456 e. The highest BCUT2D eigenvalue weighted by atomic mass is 16.5. The smallest absolute Gasteiger partial charge is 0.424 e. The lowest BCUT2D eigenvalue weighted by Crippen LogP contribution is -2.48. The lowest BCUT2D eigenvalue weighted by atomic mass is 9.65. The maximum atomic E-state index is 6.98. The second kappa shape index (κ2) is 12.8. The van der Waals surface area contributed by atoms with Gasteiger partial charge < -0.3 is 28.1 Å². The molecule has 4 aliphatic heterocycles. The van der Waals surface area contributed by atoms with E-state index in [0.717, 1.165) is 45.3 Å². The molecule has 310 valence electrons. The molecule has 0 amide bonds. The zero-order valence-corrected chi connectivity index (χ0v) is 36.9. The summed E-state index contributed by atoms with van der Waals surface area (Å²) in [6, 6.07) is 62.2. The molecule has 0 saturated heterocycles. The van der Waals surface area contributed by atoms with Gasteiger partial charge in [0.05, 0.1) is 33.8 Å². The SMILES string of the molecule is Cc1cccc(C)c1-c1ccc2c3c4c5c(c6c3n(c2c1)B1c2ccccc2Oc2ccccc2N16)c1ccc(-c2c(C)cccc2C)cc1n5B1c2ccccc2Oc2ccccc2N14. The number of nitrogens with zero attached hydrogens (tertiary/aromatic N) is 4. The summed E-state index contributed by atoms with van der Waals surface area (Å²) < 4.78 is 19.2. The van der Waals surface area contributed by atoms with Crippen LogP contribution in [0.1, 0.15) is 22.3 Å². The van der Waals surface area contributed by atoms with Gasteiger partial charge in [0.1, 0.15) is 23.0 Å². The number of para-hydroxylation sites is 6. The van der Waals surface area contributed by atoms with Crippen LogP contribution in [0.3, 0.4) is 0 Å². The molecule has 0 bridgehead atoms. The quantitative estimate of drug-likeness (QED) is 0.162. The van der Waals surface area contributed by atoms with Gasteiger partial charge >= 0.3 is 14.0 Å². The normalized spacial score (nSPS) is 13.9. The van der Waals surface area contributed by atoms with Crippen molar-refractivity contribution in [1.82, 2.24) is 8.96 Å². The predicted octanol–water partition coefficient (Wildman–Crippen LogP) is 13.5. The first-order valence-corrected chi connectivity index (χ1v) is 23.0. The molecule has 2 aromatic heterocycles. The Morgan fingerprint density at radius 3 is 1.18 bits per heavy atom. The van der Waals surface area contributed by atoms with Crippen molar-refractivity contribution in [3.63, 3.8) is 0 Å². The average molecular weight is 847 g/mol. The van der Waals surface area contributed by atoms with Crippen molar-refractivity contribution in [3.05, 3.63) is 192 Å². The Morgan fingerprint density at radius 2 is 0.758 bits per heavy atom. The van der Waals surface area contributed by atoms with Crippen molar-refractivity contribution in [2.24, 2.45) is 0 Å². The van der Waals surface area contributed by atoms with E-state index in [9.17, 15) is 0 Å². The highest BCUT2D eigenvalue weighted by Gasteiger charge is 2.52. The van der Waals surface area contributed by atoms with Crippen LogP contribution >= 0.6 is 0 Å². The average Bonchev–Trinajstić information content (AvgIpc) is 4.00. The molecular formula is C58H40B2N4O2. The monoisotopic (exact) mass is 846 g/mol.